The van der Waals surface area contributed by atoms with Crippen LogP contribution < -0.4 is 16.6 Å². The van der Waals surface area contributed by atoms with Crippen molar-refractivity contribution in [1.29, 1.82) is 0 Å². The molecule has 0 bridgehead atoms. The molecule has 8 nitrogen and oxygen atoms in total. The van der Waals surface area contributed by atoms with Crippen LogP contribution in [0, 0.1) is 0 Å². The summed E-state index contributed by atoms with van der Waals surface area (Å²) in [6.07, 6.45) is 0.0844. The maximum absolute atomic E-state index is 12.6. The molecular formula is C17H29N5O3. The van der Waals surface area contributed by atoms with Gasteiger partial charge in [0.05, 0.1) is 11.4 Å². The second kappa shape index (κ2) is 8.57. The standard InChI is InChI=1S/C15H23N5O3.C2H6/c1-15(2,3)23-14(22)19-10-6-9-18(19)13(21)20(17)12-8-5-4-7-11(12)16;1-2/h4-5,7-8H,6,9-10,16-17H2,1-3H3;1-2H3. The molecule has 25 heavy (non-hydrogen) atoms. The number of amides is 3. The number of hydrazine groups is 2. The molecule has 0 unspecified atom stereocenters. The van der Waals surface area contributed by atoms with E-state index in [2.05, 4.69) is 0 Å². The molecule has 3 amide bonds. The maximum Gasteiger partial charge on any atom is 0.429 e. The van der Waals surface area contributed by atoms with Crippen LogP contribution in [0.2, 0.25) is 0 Å². The zero-order valence-corrected chi connectivity index (χ0v) is 15.7. The molecular weight excluding hydrogens is 322 g/mol. The Kier molecular flexibility index (Phi) is 7.05. The van der Waals surface area contributed by atoms with E-state index in [1.165, 1.54) is 10.0 Å². The Morgan fingerprint density at radius 3 is 2.24 bits per heavy atom. The summed E-state index contributed by atoms with van der Waals surface area (Å²) in [6.45, 7) is 10.1. The fraction of sp³-hybridized carbons (Fsp3) is 0.529. The second-order valence-corrected chi connectivity index (χ2v) is 6.29. The molecule has 4 N–H and O–H groups in total. The average Bonchev–Trinajstić information content (AvgIpc) is 3.04. The Morgan fingerprint density at radius 1 is 1.12 bits per heavy atom. The van der Waals surface area contributed by atoms with Crippen molar-refractivity contribution in [2.75, 3.05) is 23.8 Å². The number of nitrogen functional groups attached to an aromatic ring is 1. The molecule has 1 saturated heterocycles. The first-order chi connectivity index (χ1) is 11.7. The smallest absolute Gasteiger partial charge is 0.429 e. The fourth-order valence-corrected chi connectivity index (χ4v) is 2.25. The molecule has 0 aromatic heterocycles. The summed E-state index contributed by atoms with van der Waals surface area (Å²) >= 11 is 0. The third kappa shape index (κ3) is 5.25. The number of para-hydroxylation sites is 2. The Balaban J connectivity index is 0.00000151. The third-order valence-electron chi connectivity index (χ3n) is 3.26. The molecule has 0 radical (unpaired) electrons. The van der Waals surface area contributed by atoms with Crippen molar-refractivity contribution in [3.05, 3.63) is 24.3 Å². The van der Waals surface area contributed by atoms with E-state index in [0.717, 1.165) is 5.01 Å². The van der Waals surface area contributed by atoms with E-state index in [1.807, 2.05) is 13.8 Å². The van der Waals surface area contributed by atoms with Gasteiger partial charge in [0, 0.05) is 13.1 Å². The molecule has 2 rings (SSSR count). The summed E-state index contributed by atoms with van der Waals surface area (Å²) in [7, 11) is 0. The highest BCUT2D eigenvalue weighted by Gasteiger charge is 2.36. The Bertz CT molecular complexity index is 600. The zero-order chi connectivity index (χ0) is 19.2. The third-order valence-corrected chi connectivity index (χ3v) is 3.26. The topological polar surface area (TPSA) is 105 Å². The van der Waals surface area contributed by atoms with Gasteiger partial charge in [-0.3, -0.25) is 0 Å². The van der Waals surface area contributed by atoms with Gasteiger partial charge in [-0.15, -0.1) is 0 Å². The molecule has 8 heteroatoms. The molecule has 1 aromatic carbocycles. The van der Waals surface area contributed by atoms with Crippen molar-refractivity contribution in [3.8, 4) is 0 Å². The highest BCUT2D eigenvalue weighted by molar-refractivity contribution is 5.94. The molecule has 1 aliphatic heterocycles. The largest absolute Gasteiger partial charge is 0.442 e. The number of anilines is 2. The summed E-state index contributed by atoms with van der Waals surface area (Å²) in [5.41, 5.74) is 5.96. The molecule has 0 atom stereocenters. The zero-order valence-electron chi connectivity index (χ0n) is 15.7. The fourth-order valence-electron chi connectivity index (χ4n) is 2.25. The summed E-state index contributed by atoms with van der Waals surface area (Å²) in [5.74, 6) is 5.89. The molecule has 1 aliphatic rings. The van der Waals surface area contributed by atoms with Crippen LogP contribution in [0.3, 0.4) is 0 Å². The molecule has 1 heterocycles. The monoisotopic (exact) mass is 351 g/mol. The van der Waals surface area contributed by atoms with Gasteiger partial charge in [0.1, 0.15) is 5.60 Å². The lowest BCUT2D eigenvalue weighted by Crippen LogP contribution is -2.54. The van der Waals surface area contributed by atoms with Gasteiger partial charge in [-0.2, -0.15) is 0 Å². The van der Waals surface area contributed by atoms with Crippen LogP contribution >= 0.6 is 0 Å². The molecule has 1 aromatic rings. The lowest BCUT2D eigenvalue weighted by molar-refractivity contribution is -0.0102. The predicted octanol–water partition coefficient (Wildman–Crippen LogP) is 2.95. The SMILES string of the molecule is CC.CC(C)(C)OC(=O)N1CCCN1C(=O)N(N)c1ccccc1N. The molecule has 0 spiro atoms. The number of rotatable bonds is 1. The van der Waals surface area contributed by atoms with Crippen molar-refractivity contribution in [2.45, 2.75) is 46.6 Å². The number of ether oxygens (including phenoxy) is 1. The molecule has 0 aliphatic carbocycles. The van der Waals surface area contributed by atoms with E-state index >= 15 is 0 Å². The highest BCUT2D eigenvalue weighted by atomic mass is 16.6. The van der Waals surface area contributed by atoms with E-state index in [0.29, 0.717) is 30.9 Å². The number of carbonyl (C=O) groups is 2. The number of nitrogens with zero attached hydrogens (tertiary/aromatic N) is 3. The van der Waals surface area contributed by atoms with E-state index in [4.69, 9.17) is 16.3 Å². The van der Waals surface area contributed by atoms with Crippen LogP contribution in [0.1, 0.15) is 41.0 Å². The van der Waals surface area contributed by atoms with Crippen LogP contribution in [0.4, 0.5) is 21.0 Å². The van der Waals surface area contributed by atoms with Gasteiger partial charge in [0.15, 0.2) is 0 Å². The average molecular weight is 351 g/mol. The Hall–Kier alpha value is -2.48. The van der Waals surface area contributed by atoms with E-state index in [-0.39, 0.29) is 0 Å². The summed E-state index contributed by atoms with van der Waals surface area (Å²) in [6, 6.07) is 6.24. The van der Waals surface area contributed by atoms with Crippen LogP contribution in [-0.2, 0) is 4.74 Å². The van der Waals surface area contributed by atoms with Crippen LogP contribution in [0.15, 0.2) is 24.3 Å². The summed E-state index contributed by atoms with van der Waals surface area (Å²) in [4.78, 5) is 24.8. The highest BCUT2D eigenvalue weighted by Crippen LogP contribution is 2.23. The lowest BCUT2D eigenvalue weighted by atomic mass is 10.2. The van der Waals surface area contributed by atoms with Gasteiger partial charge in [-0.1, -0.05) is 26.0 Å². The Labute approximate surface area is 149 Å². The lowest BCUT2D eigenvalue weighted by Gasteiger charge is -2.32. The number of urea groups is 1. The van der Waals surface area contributed by atoms with Crippen molar-refractivity contribution < 1.29 is 14.3 Å². The van der Waals surface area contributed by atoms with Gasteiger partial charge in [0.2, 0.25) is 0 Å². The van der Waals surface area contributed by atoms with Gasteiger partial charge < -0.3 is 10.5 Å². The molecule has 140 valence electrons. The van der Waals surface area contributed by atoms with Crippen LogP contribution in [-0.4, -0.2) is 40.8 Å². The van der Waals surface area contributed by atoms with Crippen molar-refractivity contribution in [2.24, 2.45) is 5.84 Å². The molecule has 1 fully saturated rings. The number of carbonyl (C=O) groups excluding carboxylic acids is 2. The van der Waals surface area contributed by atoms with Gasteiger partial charge >= 0.3 is 12.1 Å². The van der Waals surface area contributed by atoms with E-state index in [9.17, 15) is 9.59 Å². The summed E-state index contributed by atoms with van der Waals surface area (Å²) in [5, 5.41) is 3.49. The number of nitrogens with two attached hydrogens (primary N) is 2. The van der Waals surface area contributed by atoms with Gasteiger partial charge in [-0.05, 0) is 39.3 Å². The minimum absolute atomic E-state index is 0.381. The number of hydrogen-bond donors (Lipinski definition) is 2. The van der Waals surface area contributed by atoms with Gasteiger partial charge in [0.25, 0.3) is 0 Å². The van der Waals surface area contributed by atoms with Gasteiger partial charge in [-0.25, -0.2) is 30.5 Å². The summed E-state index contributed by atoms with van der Waals surface area (Å²) < 4.78 is 5.32. The van der Waals surface area contributed by atoms with E-state index < -0.39 is 17.7 Å². The predicted molar refractivity (Wildman–Crippen MR) is 98.5 cm³/mol. The van der Waals surface area contributed by atoms with Crippen molar-refractivity contribution in [1.82, 2.24) is 10.0 Å². The van der Waals surface area contributed by atoms with Crippen molar-refractivity contribution >= 4 is 23.5 Å². The number of hydrogen-bond acceptors (Lipinski definition) is 5. The first-order valence-electron chi connectivity index (χ1n) is 8.42. The van der Waals surface area contributed by atoms with Crippen molar-refractivity contribution in [3.63, 3.8) is 0 Å². The van der Waals surface area contributed by atoms with E-state index in [1.54, 1.807) is 45.0 Å². The minimum atomic E-state index is -0.638. The maximum atomic E-state index is 12.6. The second-order valence-electron chi connectivity index (χ2n) is 6.29. The normalized spacial score (nSPS) is 13.8. The number of benzene rings is 1. The molecule has 0 saturated carbocycles. The quantitative estimate of drug-likeness (QED) is 0.350. The van der Waals surface area contributed by atoms with Crippen LogP contribution in [0.5, 0.6) is 0 Å². The Morgan fingerprint density at radius 2 is 1.68 bits per heavy atom. The first kappa shape index (κ1) is 20.6. The first-order valence-corrected chi connectivity index (χ1v) is 8.42. The minimum Gasteiger partial charge on any atom is -0.442 e. The van der Waals surface area contributed by atoms with Crippen LogP contribution in [0.25, 0.3) is 0 Å².